The second-order valence-electron chi connectivity index (χ2n) is 10.5. The lowest BCUT2D eigenvalue weighted by Crippen LogP contribution is -2.43. The van der Waals surface area contributed by atoms with Crippen molar-refractivity contribution in [2.75, 3.05) is 5.01 Å². The maximum atomic E-state index is 16.3. The first-order valence-corrected chi connectivity index (χ1v) is 12.8. The van der Waals surface area contributed by atoms with Crippen LogP contribution in [-0.2, 0) is 5.41 Å². The monoisotopic (exact) mass is 514 g/mol. The molecule has 0 spiro atoms. The normalized spacial score (nSPS) is 18.3. The summed E-state index contributed by atoms with van der Waals surface area (Å²) in [4.78, 5) is 4.70. The Labute approximate surface area is 226 Å². The molecule has 0 amide bonds. The number of rotatable bonds is 2. The lowest BCUT2D eigenvalue weighted by molar-refractivity contribution is 0.288. The highest BCUT2D eigenvalue weighted by atomic mass is 19.1. The summed E-state index contributed by atoms with van der Waals surface area (Å²) in [5.74, 6) is 0.0774. The summed E-state index contributed by atoms with van der Waals surface area (Å²) < 4.78 is 18.4. The van der Waals surface area contributed by atoms with Crippen LogP contribution in [0.1, 0.15) is 36.1 Å². The summed E-state index contributed by atoms with van der Waals surface area (Å²) in [5.41, 5.74) is 5.73. The number of fused-ring (bicyclic) bond motifs is 4. The Hall–Kier alpha value is -4.83. The largest absolute Gasteiger partial charge is 0.308 e. The van der Waals surface area contributed by atoms with Gasteiger partial charge in [0.1, 0.15) is 6.07 Å². The molecule has 6 nitrogen and oxygen atoms in total. The predicted molar refractivity (Wildman–Crippen MR) is 155 cm³/mol. The van der Waals surface area contributed by atoms with Crippen molar-refractivity contribution < 1.29 is 4.39 Å². The van der Waals surface area contributed by atoms with Gasteiger partial charge in [-0.3, -0.25) is 10.4 Å². The summed E-state index contributed by atoms with van der Waals surface area (Å²) in [5, 5.41) is 26.1. The number of aromatic nitrogens is 2. The second-order valence-corrected chi connectivity index (χ2v) is 10.5. The van der Waals surface area contributed by atoms with Crippen LogP contribution in [0.15, 0.2) is 84.1 Å². The molecule has 39 heavy (non-hydrogen) atoms. The Balaban J connectivity index is 1.73. The second kappa shape index (κ2) is 8.88. The van der Waals surface area contributed by atoms with E-state index in [9.17, 15) is 10.7 Å². The Morgan fingerprint density at radius 3 is 2.36 bits per heavy atom. The van der Waals surface area contributed by atoms with Gasteiger partial charge >= 0.3 is 0 Å². The van der Waals surface area contributed by atoms with Gasteiger partial charge in [0.2, 0.25) is 0 Å². The number of anilines is 1. The third kappa shape index (κ3) is 3.63. The van der Waals surface area contributed by atoms with Crippen LogP contribution >= 0.6 is 0 Å². The Bertz CT molecular complexity index is 1840. The van der Waals surface area contributed by atoms with Gasteiger partial charge in [0.25, 0.3) is 0 Å². The van der Waals surface area contributed by atoms with E-state index in [1.54, 1.807) is 20.0 Å². The van der Waals surface area contributed by atoms with Gasteiger partial charge in [0.05, 0.1) is 22.2 Å². The van der Waals surface area contributed by atoms with Gasteiger partial charge in [-0.05, 0) is 66.9 Å². The van der Waals surface area contributed by atoms with Crippen LogP contribution in [0.4, 0.5) is 10.1 Å². The number of nitrogens with one attached hydrogen (secondary N) is 1. The molecule has 0 bridgehead atoms. The van der Waals surface area contributed by atoms with E-state index < -0.39 is 11.6 Å². The molecule has 0 saturated carbocycles. The summed E-state index contributed by atoms with van der Waals surface area (Å²) in [6.07, 6.45) is 0.0685. The van der Waals surface area contributed by atoms with Crippen molar-refractivity contribution in [3.63, 3.8) is 0 Å². The average molecular weight is 515 g/mol. The number of halogens is 1. The number of benzene rings is 3. The Kier molecular flexibility index (Phi) is 5.58. The van der Waals surface area contributed by atoms with Crippen molar-refractivity contribution in [1.29, 1.82) is 10.7 Å². The molecule has 0 fully saturated rings. The molecule has 1 atom stereocenters. The zero-order valence-corrected chi connectivity index (χ0v) is 22.2. The van der Waals surface area contributed by atoms with Crippen LogP contribution in [0.3, 0.4) is 0 Å². The predicted octanol–water partition coefficient (Wildman–Crippen LogP) is 7.14. The molecule has 0 radical (unpaired) electrons. The fourth-order valence-electron chi connectivity index (χ4n) is 5.64. The molecule has 192 valence electrons. The van der Waals surface area contributed by atoms with Crippen LogP contribution in [0.25, 0.3) is 27.6 Å². The van der Waals surface area contributed by atoms with Crippen LogP contribution in [0.5, 0.6) is 0 Å². The summed E-state index contributed by atoms with van der Waals surface area (Å²) >= 11 is 0. The molecular weight excluding hydrogens is 487 g/mol. The zero-order valence-electron chi connectivity index (χ0n) is 22.2. The van der Waals surface area contributed by atoms with Crippen molar-refractivity contribution in [3.8, 4) is 11.8 Å². The van der Waals surface area contributed by atoms with Gasteiger partial charge in [0.15, 0.2) is 17.7 Å². The number of amidine groups is 1. The summed E-state index contributed by atoms with van der Waals surface area (Å²) in [7, 11) is 0. The minimum atomic E-state index is -1.69. The first kappa shape index (κ1) is 24.5. The number of nitrogens with zero attached hydrogens (tertiary/aromatic N) is 5. The molecule has 1 aliphatic rings. The molecule has 1 N–H and O–H groups in total. The van der Waals surface area contributed by atoms with Gasteiger partial charge in [-0.1, -0.05) is 50.2 Å². The van der Waals surface area contributed by atoms with Crippen molar-refractivity contribution >= 4 is 39.2 Å². The van der Waals surface area contributed by atoms with Crippen LogP contribution < -0.4 is 5.01 Å². The first-order valence-electron chi connectivity index (χ1n) is 12.8. The molecular formula is C32H27FN6. The maximum Gasteiger partial charge on any atom is 0.173 e. The van der Waals surface area contributed by atoms with Crippen LogP contribution in [0.2, 0.25) is 0 Å². The van der Waals surface area contributed by atoms with Gasteiger partial charge in [-0.15, -0.1) is 0 Å². The highest BCUT2D eigenvalue weighted by Gasteiger charge is 2.41. The van der Waals surface area contributed by atoms with E-state index in [1.807, 2.05) is 92.7 Å². The zero-order chi connectivity index (χ0) is 27.5. The Morgan fingerprint density at radius 2 is 1.67 bits per heavy atom. The lowest BCUT2D eigenvalue weighted by Gasteiger charge is -2.35. The van der Waals surface area contributed by atoms with Crippen molar-refractivity contribution in [1.82, 2.24) is 9.55 Å². The fourth-order valence-corrected chi connectivity index (χ4v) is 5.64. The van der Waals surface area contributed by atoms with E-state index in [-0.39, 0.29) is 11.5 Å². The molecule has 2 aromatic heterocycles. The molecule has 7 heteroatoms. The van der Waals surface area contributed by atoms with E-state index >= 15 is 4.39 Å². The van der Waals surface area contributed by atoms with E-state index in [1.165, 1.54) is 5.01 Å². The van der Waals surface area contributed by atoms with Crippen LogP contribution in [-0.4, -0.2) is 27.3 Å². The third-order valence-electron chi connectivity index (χ3n) is 7.68. The quantitative estimate of drug-likeness (QED) is 0.272. The minimum absolute atomic E-state index is 0.0774. The molecule has 1 aliphatic heterocycles. The standard InChI is InChI=1S/C32H27FN6/c1-19-10-8-11-20(2)29(19)39-31(35)22-16-23-27(17-24(22)32(3,4)30(33)25(18-34)37-39)38(21-12-6-5-7-13-21)26-14-9-15-36-28(23)26/h5-17,30,35H,1-4H3/b35-31?,37-25-/t30-/m1/s1. The van der Waals surface area contributed by atoms with E-state index in [0.29, 0.717) is 16.8 Å². The average Bonchev–Trinajstić information content (AvgIpc) is 3.27. The number of hydrazone groups is 1. The van der Waals surface area contributed by atoms with Crippen LogP contribution in [0, 0.1) is 30.6 Å². The summed E-state index contributed by atoms with van der Waals surface area (Å²) in [6.45, 7) is 7.39. The topological polar surface area (TPSA) is 81.1 Å². The highest BCUT2D eigenvalue weighted by Crippen LogP contribution is 2.41. The highest BCUT2D eigenvalue weighted by molar-refractivity contribution is 6.17. The van der Waals surface area contributed by atoms with E-state index in [4.69, 9.17) is 4.98 Å². The summed E-state index contributed by atoms with van der Waals surface area (Å²) in [6, 6.07) is 25.5. The molecule has 3 aromatic carbocycles. The number of pyridine rings is 1. The lowest BCUT2D eigenvalue weighted by atomic mass is 9.75. The Morgan fingerprint density at radius 1 is 0.949 bits per heavy atom. The number of para-hydroxylation sites is 2. The van der Waals surface area contributed by atoms with Crippen molar-refractivity contribution in [2.45, 2.75) is 39.3 Å². The molecule has 3 heterocycles. The third-order valence-corrected chi connectivity index (χ3v) is 7.68. The molecule has 5 aromatic rings. The molecule has 6 rings (SSSR count). The van der Waals surface area contributed by atoms with Crippen molar-refractivity contribution in [3.05, 3.63) is 101 Å². The molecule has 0 aliphatic carbocycles. The number of hydrogen-bond donors (Lipinski definition) is 1. The van der Waals surface area contributed by atoms with E-state index in [0.717, 1.165) is 38.8 Å². The number of hydrogen-bond acceptors (Lipinski definition) is 4. The fraction of sp³-hybridized carbons (Fsp3) is 0.188. The molecule has 0 unspecified atom stereocenters. The number of nitriles is 1. The minimum Gasteiger partial charge on any atom is -0.308 e. The van der Waals surface area contributed by atoms with Gasteiger partial charge in [-0.2, -0.15) is 10.4 Å². The first-order chi connectivity index (χ1) is 18.7. The van der Waals surface area contributed by atoms with Gasteiger partial charge in [-0.25, -0.2) is 9.40 Å². The SMILES string of the molecule is Cc1cccc(C)c1N1/N=C(/C#N)[C@@H](F)C(C)(C)c2cc3c(cc2C1=N)c1ncccc1n3-c1ccccc1. The molecule has 0 saturated heterocycles. The number of alkyl halides is 1. The number of aryl methyl sites for hydroxylation is 2. The van der Waals surface area contributed by atoms with Crippen molar-refractivity contribution in [2.24, 2.45) is 5.10 Å². The van der Waals surface area contributed by atoms with Gasteiger partial charge in [0, 0.05) is 28.2 Å². The van der Waals surface area contributed by atoms with Gasteiger partial charge < -0.3 is 4.57 Å². The smallest absolute Gasteiger partial charge is 0.173 e. The maximum absolute atomic E-state index is 16.3. The van der Waals surface area contributed by atoms with E-state index in [2.05, 4.69) is 9.67 Å².